The highest BCUT2D eigenvalue weighted by molar-refractivity contribution is 5.91. The van der Waals surface area contributed by atoms with E-state index in [1.165, 1.54) is 25.3 Å². The summed E-state index contributed by atoms with van der Waals surface area (Å²) in [5.41, 5.74) is 0.219. The number of nitro benzene ring substituents is 1. The first-order valence-electron chi connectivity index (χ1n) is 4.81. The molecule has 1 aromatic carbocycles. The van der Waals surface area contributed by atoms with Crippen molar-refractivity contribution < 1.29 is 19.6 Å². The van der Waals surface area contributed by atoms with Crippen molar-refractivity contribution in [3.05, 3.63) is 33.9 Å². The van der Waals surface area contributed by atoms with Gasteiger partial charge in [0.15, 0.2) is 0 Å². The van der Waals surface area contributed by atoms with Crippen LogP contribution in [0, 0.1) is 10.1 Å². The summed E-state index contributed by atoms with van der Waals surface area (Å²) >= 11 is 0. The topological polar surface area (TPSA) is 102 Å². The van der Waals surface area contributed by atoms with E-state index in [-0.39, 0.29) is 30.1 Å². The molecule has 0 radical (unpaired) electrons. The number of benzene rings is 1. The minimum atomic E-state index is -0.577. The lowest BCUT2D eigenvalue weighted by Gasteiger charge is -2.07. The SMILES string of the molecule is COC(=O)c1ccc([N+](=O)[O-])c(NCCO)c1. The first kappa shape index (κ1) is 12.9. The van der Waals surface area contributed by atoms with Gasteiger partial charge < -0.3 is 15.2 Å². The van der Waals surface area contributed by atoms with E-state index < -0.39 is 10.9 Å². The zero-order valence-electron chi connectivity index (χ0n) is 9.17. The maximum Gasteiger partial charge on any atom is 0.337 e. The molecule has 0 saturated heterocycles. The molecule has 2 N–H and O–H groups in total. The number of esters is 1. The Kier molecular flexibility index (Phi) is 4.41. The fraction of sp³-hybridized carbons (Fsp3) is 0.300. The molecular formula is C10H12N2O5. The van der Waals surface area contributed by atoms with E-state index in [1.54, 1.807) is 0 Å². The van der Waals surface area contributed by atoms with E-state index in [0.717, 1.165) is 0 Å². The van der Waals surface area contributed by atoms with Crippen molar-refractivity contribution >= 4 is 17.3 Å². The third-order valence-electron chi connectivity index (χ3n) is 2.04. The standard InChI is InChI=1S/C10H12N2O5/c1-17-10(14)7-2-3-9(12(15)16)8(6-7)11-4-5-13/h2-3,6,11,13H,4-5H2,1H3. The molecule has 0 atom stereocenters. The fourth-order valence-electron chi connectivity index (χ4n) is 1.27. The number of aliphatic hydroxyl groups is 1. The highest BCUT2D eigenvalue weighted by atomic mass is 16.6. The molecule has 1 aromatic rings. The summed E-state index contributed by atoms with van der Waals surface area (Å²) in [6.45, 7) is -0.00886. The molecule has 17 heavy (non-hydrogen) atoms. The molecule has 0 aliphatic carbocycles. The summed E-state index contributed by atoms with van der Waals surface area (Å²) in [6, 6.07) is 3.85. The molecule has 0 bridgehead atoms. The van der Waals surface area contributed by atoms with Crippen LogP contribution in [0.4, 0.5) is 11.4 Å². The molecule has 0 saturated carbocycles. The Bertz CT molecular complexity index is 433. The van der Waals surface area contributed by atoms with E-state index >= 15 is 0 Å². The van der Waals surface area contributed by atoms with Crippen LogP contribution in [0.25, 0.3) is 0 Å². The Balaban J connectivity index is 3.09. The molecule has 0 aromatic heterocycles. The highest BCUT2D eigenvalue weighted by Gasteiger charge is 2.16. The molecular weight excluding hydrogens is 228 g/mol. The molecule has 0 aliphatic heterocycles. The van der Waals surface area contributed by atoms with Gasteiger partial charge in [0.25, 0.3) is 5.69 Å². The number of ether oxygens (including phenoxy) is 1. The lowest BCUT2D eigenvalue weighted by atomic mass is 10.1. The molecule has 7 heteroatoms. The number of anilines is 1. The predicted octanol–water partition coefficient (Wildman–Crippen LogP) is 0.786. The second-order valence-corrected chi connectivity index (χ2v) is 3.13. The minimum absolute atomic E-state index is 0.158. The molecule has 0 amide bonds. The van der Waals surface area contributed by atoms with Crippen LogP contribution >= 0.6 is 0 Å². The van der Waals surface area contributed by atoms with Gasteiger partial charge in [0, 0.05) is 12.6 Å². The lowest BCUT2D eigenvalue weighted by Crippen LogP contribution is -2.09. The van der Waals surface area contributed by atoms with Crippen molar-refractivity contribution in [1.29, 1.82) is 0 Å². The smallest absolute Gasteiger partial charge is 0.337 e. The van der Waals surface area contributed by atoms with E-state index in [9.17, 15) is 14.9 Å². The summed E-state index contributed by atoms with van der Waals surface area (Å²) in [4.78, 5) is 21.4. The largest absolute Gasteiger partial charge is 0.465 e. The van der Waals surface area contributed by atoms with Crippen molar-refractivity contribution in [2.45, 2.75) is 0 Å². The molecule has 0 aliphatic rings. The van der Waals surface area contributed by atoms with Gasteiger partial charge in [-0.05, 0) is 12.1 Å². The van der Waals surface area contributed by atoms with Gasteiger partial charge in [-0.25, -0.2) is 4.79 Å². The molecule has 7 nitrogen and oxygen atoms in total. The molecule has 0 unspecified atom stereocenters. The van der Waals surface area contributed by atoms with Crippen molar-refractivity contribution in [2.24, 2.45) is 0 Å². The number of nitrogens with one attached hydrogen (secondary N) is 1. The number of methoxy groups -OCH3 is 1. The van der Waals surface area contributed by atoms with Gasteiger partial charge in [-0.15, -0.1) is 0 Å². The van der Waals surface area contributed by atoms with Crippen LogP contribution in [0.5, 0.6) is 0 Å². The van der Waals surface area contributed by atoms with E-state index in [4.69, 9.17) is 5.11 Å². The summed E-state index contributed by atoms with van der Waals surface area (Å²) in [7, 11) is 1.23. The predicted molar refractivity (Wildman–Crippen MR) is 60.0 cm³/mol. The third-order valence-corrected chi connectivity index (χ3v) is 2.04. The lowest BCUT2D eigenvalue weighted by molar-refractivity contribution is -0.384. The van der Waals surface area contributed by atoms with Crippen molar-refractivity contribution in [3.8, 4) is 0 Å². The quantitative estimate of drug-likeness (QED) is 0.448. The molecule has 92 valence electrons. The number of carbonyl (C=O) groups excluding carboxylic acids is 1. The number of nitro groups is 1. The van der Waals surface area contributed by atoms with Gasteiger partial charge in [0.05, 0.1) is 24.2 Å². The van der Waals surface area contributed by atoms with Crippen molar-refractivity contribution in [2.75, 3.05) is 25.6 Å². The molecule has 0 fully saturated rings. The number of aliphatic hydroxyl groups excluding tert-OH is 1. The zero-order chi connectivity index (χ0) is 12.8. The van der Waals surface area contributed by atoms with Crippen molar-refractivity contribution in [3.63, 3.8) is 0 Å². The van der Waals surface area contributed by atoms with Crippen LogP contribution in [0.2, 0.25) is 0 Å². The molecule has 1 rings (SSSR count). The van der Waals surface area contributed by atoms with Gasteiger partial charge in [-0.3, -0.25) is 10.1 Å². The Morgan fingerprint density at radius 1 is 1.59 bits per heavy atom. The number of carbonyl (C=O) groups is 1. The summed E-state index contributed by atoms with van der Waals surface area (Å²) in [5.74, 6) is -0.577. The van der Waals surface area contributed by atoms with Crippen LogP contribution in [0.15, 0.2) is 18.2 Å². The van der Waals surface area contributed by atoms with E-state index in [0.29, 0.717) is 0 Å². The average Bonchev–Trinajstić information content (AvgIpc) is 2.34. The van der Waals surface area contributed by atoms with Gasteiger partial charge in [0.2, 0.25) is 0 Å². The summed E-state index contributed by atoms with van der Waals surface area (Å²) in [5, 5.41) is 22.0. The van der Waals surface area contributed by atoms with Gasteiger partial charge >= 0.3 is 5.97 Å². The Hall–Kier alpha value is -2.15. The first-order chi connectivity index (χ1) is 8.10. The van der Waals surface area contributed by atoms with Crippen LogP contribution in [0.3, 0.4) is 0 Å². The summed E-state index contributed by atoms with van der Waals surface area (Å²) < 4.78 is 4.51. The van der Waals surface area contributed by atoms with Crippen LogP contribution in [-0.4, -0.2) is 36.3 Å². The van der Waals surface area contributed by atoms with E-state index in [1.807, 2.05) is 0 Å². The van der Waals surface area contributed by atoms with Crippen LogP contribution in [0.1, 0.15) is 10.4 Å². The first-order valence-corrected chi connectivity index (χ1v) is 4.81. The van der Waals surface area contributed by atoms with Crippen molar-refractivity contribution in [1.82, 2.24) is 0 Å². The van der Waals surface area contributed by atoms with Crippen LogP contribution in [-0.2, 0) is 4.74 Å². The Labute approximate surface area is 97.2 Å². The van der Waals surface area contributed by atoms with Crippen LogP contribution < -0.4 is 5.32 Å². The molecule has 0 heterocycles. The molecule has 0 spiro atoms. The Morgan fingerprint density at radius 3 is 2.82 bits per heavy atom. The monoisotopic (exact) mass is 240 g/mol. The Morgan fingerprint density at radius 2 is 2.29 bits per heavy atom. The number of hydrogen-bond acceptors (Lipinski definition) is 6. The van der Waals surface area contributed by atoms with Gasteiger partial charge in [-0.1, -0.05) is 0 Å². The second kappa shape index (κ2) is 5.80. The normalized spacial score (nSPS) is 9.76. The number of hydrogen-bond donors (Lipinski definition) is 2. The summed E-state index contributed by atoms with van der Waals surface area (Å²) in [6.07, 6.45) is 0. The zero-order valence-corrected chi connectivity index (χ0v) is 9.17. The maximum atomic E-state index is 11.3. The third kappa shape index (κ3) is 3.15. The fourth-order valence-corrected chi connectivity index (χ4v) is 1.27. The minimum Gasteiger partial charge on any atom is -0.465 e. The second-order valence-electron chi connectivity index (χ2n) is 3.13. The van der Waals surface area contributed by atoms with E-state index in [2.05, 4.69) is 10.1 Å². The van der Waals surface area contributed by atoms with Gasteiger partial charge in [0.1, 0.15) is 5.69 Å². The maximum absolute atomic E-state index is 11.3. The average molecular weight is 240 g/mol. The number of nitrogens with zero attached hydrogens (tertiary/aromatic N) is 1. The van der Waals surface area contributed by atoms with Gasteiger partial charge in [-0.2, -0.15) is 0 Å². The number of rotatable bonds is 5. The highest BCUT2D eigenvalue weighted by Crippen LogP contribution is 2.25.